The van der Waals surface area contributed by atoms with Gasteiger partial charge in [-0.25, -0.2) is 4.68 Å². The molecular formula is C19H23N5S. The third-order valence-electron chi connectivity index (χ3n) is 3.83. The average molecular weight is 353 g/mol. The van der Waals surface area contributed by atoms with Gasteiger partial charge in [-0.1, -0.05) is 24.3 Å². The summed E-state index contributed by atoms with van der Waals surface area (Å²) in [6.45, 7) is 1.70. The predicted molar refractivity (Wildman–Crippen MR) is 105 cm³/mol. The molecule has 0 amide bonds. The van der Waals surface area contributed by atoms with Gasteiger partial charge in [0, 0.05) is 31.2 Å². The molecule has 2 aromatic heterocycles. The van der Waals surface area contributed by atoms with Gasteiger partial charge in [0.25, 0.3) is 0 Å². The highest BCUT2D eigenvalue weighted by Crippen LogP contribution is 2.08. The number of hydrogen-bond acceptors (Lipinski definition) is 3. The summed E-state index contributed by atoms with van der Waals surface area (Å²) in [5, 5.41) is 13.2. The number of nitrogens with zero attached hydrogens (tertiary/aromatic N) is 3. The number of guanidine groups is 1. The number of hydrogen-bond donors (Lipinski definition) is 2. The quantitative estimate of drug-likeness (QED) is 0.507. The lowest BCUT2D eigenvalue weighted by atomic mass is 10.2. The zero-order valence-corrected chi connectivity index (χ0v) is 15.2. The Hall–Kier alpha value is -2.60. The minimum absolute atomic E-state index is 0.819. The molecule has 6 heteroatoms. The lowest BCUT2D eigenvalue weighted by molar-refractivity contribution is 0.787. The molecule has 1 aromatic carbocycles. The van der Waals surface area contributed by atoms with Crippen LogP contribution in [0.4, 0.5) is 0 Å². The smallest absolute Gasteiger partial charge is 0.190 e. The number of rotatable bonds is 7. The molecule has 3 rings (SSSR count). The summed E-state index contributed by atoms with van der Waals surface area (Å²) >= 11 is 1.79. The number of benzene rings is 1. The maximum Gasteiger partial charge on any atom is 0.190 e. The Morgan fingerprint density at radius 2 is 1.88 bits per heavy atom. The second-order valence-corrected chi connectivity index (χ2v) is 6.67. The van der Waals surface area contributed by atoms with Gasteiger partial charge in [0.2, 0.25) is 0 Å². The first-order chi connectivity index (χ1) is 12.3. The molecule has 0 aliphatic heterocycles. The van der Waals surface area contributed by atoms with Crippen molar-refractivity contribution in [1.29, 1.82) is 0 Å². The fraction of sp³-hybridized carbons (Fsp3) is 0.263. The summed E-state index contributed by atoms with van der Waals surface area (Å²) in [5.41, 5.74) is 2.28. The highest BCUT2D eigenvalue weighted by molar-refractivity contribution is 7.09. The molecule has 0 atom stereocenters. The molecule has 3 aromatic rings. The van der Waals surface area contributed by atoms with Crippen LogP contribution in [0.25, 0.3) is 5.69 Å². The summed E-state index contributed by atoms with van der Waals surface area (Å²) in [4.78, 5) is 5.65. The van der Waals surface area contributed by atoms with Crippen molar-refractivity contribution in [3.63, 3.8) is 0 Å². The van der Waals surface area contributed by atoms with E-state index in [-0.39, 0.29) is 0 Å². The molecule has 0 radical (unpaired) electrons. The van der Waals surface area contributed by atoms with Crippen LogP contribution >= 0.6 is 11.3 Å². The number of aliphatic imine (C=N–C) groups is 1. The van der Waals surface area contributed by atoms with Crippen LogP contribution in [0.2, 0.25) is 0 Å². The van der Waals surface area contributed by atoms with Gasteiger partial charge >= 0.3 is 0 Å². The Kier molecular flexibility index (Phi) is 6.23. The van der Waals surface area contributed by atoms with E-state index in [0.29, 0.717) is 0 Å². The van der Waals surface area contributed by atoms with Gasteiger partial charge < -0.3 is 10.6 Å². The summed E-state index contributed by atoms with van der Waals surface area (Å²) in [6, 6.07) is 14.4. The lowest BCUT2D eigenvalue weighted by Gasteiger charge is -2.10. The Morgan fingerprint density at radius 1 is 1.08 bits per heavy atom. The first kappa shape index (κ1) is 17.2. The minimum atomic E-state index is 0.819. The second-order valence-electron chi connectivity index (χ2n) is 5.63. The molecule has 0 aliphatic carbocycles. The van der Waals surface area contributed by atoms with Gasteiger partial charge in [-0.2, -0.15) is 5.10 Å². The van der Waals surface area contributed by atoms with Crippen molar-refractivity contribution in [2.45, 2.75) is 12.8 Å². The van der Waals surface area contributed by atoms with Crippen molar-refractivity contribution in [3.8, 4) is 5.69 Å². The first-order valence-electron chi connectivity index (χ1n) is 8.41. The molecule has 0 saturated carbocycles. The van der Waals surface area contributed by atoms with Crippen LogP contribution in [0.15, 0.2) is 65.2 Å². The molecule has 5 nitrogen and oxygen atoms in total. The number of thiophene rings is 1. The van der Waals surface area contributed by atoms with Gasteiger partial charge in [-0.15, -0.1) is 11.3 Å². The van der Waals surface area contributed by atoms with Crippen LogP contribution in [-0.2, 0) is 12.8 Å². The van der Waals surface area contributed by atoms with E-state index in [2.05, 4.69) is 44.4 Å². The summed E-state index contributed by atoms with van der Waals surface area (Å²) in [6.07, 6.45) is 5.91. The maximum absolute atomic E-state index is 4.43. The van der Waals surface area contributed by atoms with Crippen molar-refractivity contribution in [3.05, 3.63) is 70.7 Å². The molecule has 0 unspecified atom stereocenters. The number of nitrogens with one attached hydrogen (secondary N) is 2. The largest absolute Gasteiger partial charge is 0.356 e. The van der Waals surface area contributed by atoms with Crippen LogP contribution in [0.1, 0.15) is 10.4 Å². The van der Waals surface area contributed by atoms with Crippen molar-refractivity contribution < 1.29 is 0 Å². The first-order valence-corrected chi connectivity index (χ1v) is 9.29. The van der Waals surface area contributed by atoms with Crippen LogP contribution in [0, 0.1) is 0 Å². The average Bonchev–Trinajstić information content (AvgIpc) is 3.33. The van der Waals surface area contributed by atoms with E-state index < -0.39 is 0 Å². The molecule has 2 N–H and O–H groups in total. The molecule has 0 bridgehead atoms. The van der Waals surface area contributed by atoms with E-state index in [1.54, 1.807) is 18.4 Å². The van der Waals surface area contributed by atoms with E-state index in [4.69, 9.17) is 0 Å². The Balaban J connectivity index is 1.41. The second kappa shape index (κ2) is 9.03. The Morgan fingerprint density at radius 3 is 2.60 bits per heavy atom. The third kappa shape index (κ3) is 5.19. The van der Waals surface area contributed by atoms with Gasteiger partial charge in [0.05, 0.1) is 11.9 Å². The van der Waals surface area contributed by atoms with Crippen LogP contribution < -0.4 is 10.6 Å². The highest BCUT2D eigenvalue weighted by Gasteiger charge is 2.02. The van der Waals surface area contributed by atoms with E-state index in [0.717, 1.165) is 37.6 Å². The fourth-order valence-electron chi connectivity index (χ4n) is 2.52. The molecule has 0 spiro atoms. The zero-order valence-electron chi connectivity index (χ0n) is 14.4. The van der Waals surface area contributed by atoms with E-state index in [9.17, 15) is 0 Å². The van der Waals surface area contributed by atoms with E-state index in [1.165, 1.54) is 10.4 Å². The third-order valence-corrected chi connectivity index (χ3v) is 4.77. The van der Waals surface area contributed by atoms with Crippen molar-refractivity contribution in [2.24, 2.45) is 4.99 Å². The van der Waals surface area contributed by atoms with Gasteiger partial charge in [0.1, 0.15) is 0 Å². The number of para-hydroxylation sites is 1. The molecular weight excluding hydrogens is 330 g/mol. The molecule has 0 fully saturated rings. The summed E-state index contributed by atoms with van der Waals surface area (Å²) < 4.78 is 1.91. The van der Waals surface area contributed by atoms with Gasteiger partial charge in [-0.05, 0) is 42.0 Å². The normalized spacial score (nSPS) is 11.5. The van der Waals surface area contributed by atoms with E-state index in [1.807, 2.05) is 41.2 Å². The Bertz CT molecular complexity index is 777. The highest BCUT2D eigenvalue weighted by atomic mass is 32.1. The van der Waals surface area contributed by atoms with Crippen LogP contribution in [0.3, 0.4) is 0 Å². The van der Waals surface area contributed by atoms with Crippen LogP contribution in [0.5, 0.6) is 0 Å². The molecule has 25 heavy (non-hydrogen) atoms. The van der Waals surface area contributed by atoms with Gasteiger partial charge in [0.15, 0.2) is 5.96 Å². The molecule has 130 valence electrons. The van der Waals surface area contributed by atoms with Crippen LogP contribution in [-0.4, -0.2) is 35.9 Å². The van der Waals surface area contributed by atoms with Crippen molar-refractivity contribution in [1.82, 2.24) is 20.4 Å². The SMILES string of the molecule is CN=C(NCCc1cnn(-c2ccccc2)c1)NCCc1cccs1. The minimum Gasteiger partial charge on any atom is -0.356 e. The monoisotopic (exact) mass is 353 g/mol. The Labute approximate surface area is 152 Å². The van der Waals surface area contributed by atoms with Crippen molar-refractivity contribution >= 4 is 17.3 Å². The fourth-order valence-corrected chi connectivity index (χ4v) is 3.22. The predicted octanol–water partition coefficient (Wildman–Crippen LogP) is 2.88. The lowest BCUT2D eigenvalue weighted by Crippen LogP contribution is -2.39. The topological polar surface area (TPSA) is 54.2 Å². The van der Waals surface area contributed by atoms with Gasteiger partial charge in [-0.3, -0.25) is 4.99 Å². The van der Waals surface area contributed by atoms with Crippen molar-refractivity contribution in [2.75, 3.05) is 20.1 Å². The summed E-state index contributed by atoms with van der Waals surface area (Å²) in [5.74, 6) is 0.840. The van der Waals surface area contributed by atoms with E-state index >= 15 is 0 Å². The number of aromatic nitrogens is 2. The molecule has 0 aliphatic rings. The molecule has 0 saturated heterocycles. The molecule has 2 heterocycles. The zero-order chi connectivity index (χ0) is 17.3. The summed E-state index contributed by atoms with van der Waals surface area (Å²) in [7, 11) is 1.80. The maximum atomic E-state index is 4.43. The standard InChI is InChI=1S/C19H23N5S/c1-20-19(22-12-10-18-8-5-13-25-18)21-11-9-16-14-23-24(15-16)17-6-3-2-4-7-17/h2-8,13-15H,9-12H2,1H3,(H2,20,21,22).